The Kier molecular flexibility index (Phi) is 7.52. The Balaban J connectivity index is 1.07. The molecule has 10 rings (SSSR count). The van der Waals surface area contributed by atoms with Crippen LogP contribution in [-0.2, 0) is 0 Å². The summed E-state index contributed by atoms with van der Waals surface area (Å²) in [5.74, 6) is 0. The molecule has 3 heteroatoms. The van der Waals surface area contributed by atoms with Crippen molar-refractivity contribution in [2.45, 2.75) is 0 Å². The molecule has 250 valence electrons. The van der Waals surface area contributed by atoms with Crippen molar-refractivity contribution in [1.82, 2.24) is 4.57 Å². The maximum Gasteiger partial charge on any atom is 0.179 e. The first kappa shape index (κ1) is 31.1. The molecule has 0 N–H and O–H groups in total. The molecule has 0 radical (unpaired) electrons. The number of aromatic nitrogens is 1. The van der Waals surface area contributed by atoms with Gasteiger partial charge in [-0.1, -0.05) is 170 Å². The van der Waals surface area contributed by atoms with E-state index in [2.05, 4.69) is 217 Å². The molecule has 0 aliphatic heterocycles. The van der Waals surface area contributed by atoms with Gasteiger partial charge in [0.1, 0.15) is 11.2 Å². The summed E-state index contributed by atoms with van der Waals surface area (Å²) in [6, 6.07) is 72.8. The molecule has 0 saturated carbocycles. The second-order valence-electron chi connectivity index (χ2n) is 13.7. The predicted octanol–water partition coefficient (Wildman–Crippen LogP) is 10.2. The van der Waals surface area contributed by atoms with E-state index in [0.29, 0.717) is 0 Å². The summed E-state index contributed by atoms with van der Waals surface area (Å²) in [4.78, 5) is 0. The Labute approximate surface area is 309 Å². The molecule has 2 heterocycles. The van der Waals surface area contributed by atoms with E-state index in [1.165, 1.54) is 48.1 Å². The van der Waals surface area contributed by atoms with Crippen molar-refractivity contribution in [2.75, 3.05) is 0 Å². The first-order chi connectivity index (χ1) is 26.3. The van der Waals surface area contributed by atoms with Crippen LogP contribution < -0.4 is 20.7 Å². The number of hydrogen-bond donors (Lipinski definition) is 0. The van der Waals surface area contributed by atoms with Crippen LogP contribution in [0.1, 0.15) is 11.1 Å². The summed E-state index contributed by atoms with van der Waals surface area (Å²) in [5, 5.41) is 10.2. The normalized spacial score (nSPS) is 12.1. The van der Waals surface area contributed by atoms with Gasteiger partial charge < -0.3 is 8.98 Å². The van der Waals surface area contributed by atoms with Crippen molar-refractivity contribution in [3.63, 3.8) is 0 Å². The van der Waals surface area contributed by atoms with Gasteiger partial charge in [0.25, 0.3) is 0 Å². The summed E-state index contributed by atoms with van der Waals surface area (Å²) in [5.41, 5.74) is 7.61. The van der Waals surface area contributed by atoms with Crippen LogP contribution >= 0.6 is 0 Å². The zero-order valence-corrected chi connectivity index (χ0v) is 30.1. The van der Waals surface area contributed by atoms with Crippen molar-refractivity contribution in [1.29, 1.82) is 0 Å². The lowest BCUT2D eigenvalue weighted by Crippen LogP contribution is -2.74. The molecule has 0 aliphatic rings. The van der Waals surface area contributed by atoms with Gasteiger partial charge in [0.15, 0.2) is 8.07 Å². The summed E-state index contributed by atoms with van der Waals surface area (Å²) >= 11 is 0. The number of hydrogen-bond acceptors (Lipinski definition) is 1. The first-order valence-corrected chi connectivity index (χ1v) is 20.2. The van der Waals surface area contributed by atoms with Gasteiger partial charge in [0, 0.05) is 27.2 Å². The van der Waals surface area contributed by atoms with Crippen LogP contribution in [0.5, 0.6) is 0 Å². The van der Waals surface area contributed by atoms with Gasteiger partial charge in [-0.3, -0.25) is 0 Å². The van der Waals surface area contributed by atoms with Crippen molar-refractivity contribution < 1.29 is 4.42 Å². The molecular formula is C50H35NOSi. The fourth-order valence-corrected chi connectivity index (χ4v) is 13.2. The molecule has 0 amide bonds. The Morgan fingerprint density at radius 1 is 0.358 bits per heavy atom. The fourth-order valence-electron chi connectivity index (χ4n) is 8.36. The molecule has 8 aromatic carbocycles. The Morgan fingerprint density at radius 3 is 1.42 bits per heavy atom. The molecule has 0 fully saturated rings. The van der Waals surface area contributed by atoms with Gasteiger partial charge in [-0.15, -0.1) is 0 Å². The molecule has 0 unspecified atom stereocenters. The third-order valence-electron chi connectivity index (χ3n) is 10.7. The van der Waals surface area contributed by atoms with Crippen molar-refractivity contribution >= 4 is 84.7 Å². The number of rotatable bonds is 7. The van der Waals surface area contributed by atoms with Gasteiger partial charge >= 0.3 is 0 Å². The zero-order valence-electron chi connectivity index (χ0n) is 29.1. The Hall–Kier alpha value is -6.68. The second-order valence-corrected chi connectivity index (χ2v) is 17.5. The highest BCUT2D eigenvalue weighted by atomic mass is 28.3. The van der Waals surface area contributed by atoms with Crippen molar-refractivity contribution in [3.05, 3.63) is 211 Å². The van der Waals surface area contributed by atoms with E-state index in [0.717, 1.165) is 33.2 Å². The molecule has 2 aromatic heterocycles. The van der Waals surface area contributed by atoms with E-state index in [9.17, 15) is 0 Å². The first-order valence-electron chi connectivity index (χ1n) is 18.2. The van der Waals surface area contributed by atoms with Crippen LogP contribution in [0.4, 0.5) is 0 Å². The van der Waals surface area contributed by atoms with Crippen molar-refractivity contribution in [3.8, 4) is 5.69 Å². The van der Waals surface area contributed by atoms with Gasteiger partial charge in [-0.2, -0.15) is 0 Å². The molecule has 0 aliphatic carbocycles. The number of nitrogens with zero attached hydrogens (tertiary/aromatic N) is 1. The summed E-state index contributed by atoms with van der Waals surface area (Å²) < 4.78 is 8.73. The number of fused-ring (bicyclic) bond motifs is 6. The van der Waals surface area contributed by atoms with Gasteiger partial charge in [0.05, 0.1) is 11.0 Å². The van der Waals surface area contributed by atoms with E-state index in [4.69, 9.17) is 4.42 Å². The van der Waals surface area contributed by atoms with Crippen LogP contribution in [0.2, 0.25) is 0 Å². The molecule has 53 heavy (non-hydrogen) atoms. The lowest BCUT2D eigenvalue weighted by atomic mass is 10.1. The Bertz CT molecular complexity index is 2790. The number of furan rings is 1. The maximum absolute atomic E-state index is 6.37. The smallest absolute Gasteiger partial charge is 0.179 e. The fraction of sp³-hybridized carbons (Fsp3) is 0. The van der Waals surface area contributed by atoms with Gasteiger partial charge in [-0.05, 0) is 74.3 Å². The standard InChI is InChI=1S/C50H35NOSi/c1-4-16-39(17-5-1)53(40-18-6-2-7-19-40,41-20-8-3-9-21-41)42-22-14-15-36(33-42)27-28-37-29-31-49-45(34-37)46-35-38(30-32-50(46)52-49)51-47-25-12-10-23-43(47)44-24-11-13-26-48(44)51/h1-35H/b28-27+. The highest BCUT2D eigenvalue weighted by molar-refractivity contribution is 7.19. The third kappa shape index (κ3) is 5.16. The minimum atomic E-state index is -2.61. The summed E-state index contributed by atoms with van der Waals surface area (Å²) in [6.07, 6.45) is 4.47. The third-order valence-corrected chi connectivity index (χ3v) is 15.5. The van der Waals surface area contributed by atoms with E-state index in [1.807, 2.05) is 0 Å². The predicted molar refractivity (Wildman–Crippen MR) is 227 cm³/mol. The molecule has 0 bridgehead atoms. The Morgan fingerprint density at radius 2 is 0.830 bits per heavy atom. The average Bonchev–Trinajstić information content (AvgIpc) is 3.77. The van der Waals surface area contributed by atoms with E-state index in [-0.39, 0.29) is 0 Å². The van der Waals surface area contributed by atoms with Crippen LogP contribution in [0.15, 0.2) is 205 Å². The zero-order chi connectivity index (χ0) is 35.2. The van der Waals surface area contributed by atoms with Crippen LogP contribution in [0, 0.1) is 0 Å². The molecule has 0 atom stereocenters. The number of para-hydroxylation sites is 2. The van der Waals surface area contributed by atoms with Crippen LogP contribution in [-0.4, -0.2) is 12.6 Å². The average molecular weight is 694 g/mol. The highest BCUT2D eigenvalue weighted by Crippen LogP contribution is 2.35. The SMILES string of the molecule is C(=C\c1ccc2oc3ccc(-n4c5ccccc5c5ccccc54)cc3c2c1)/c1cccc([Si](c2ccccc2)(c2ccccc2)c2ccccc2)c1. The molecule has 10 aromatic rings. The number of benzene rings is 8. The lowest BCUT2D eigenvalue weighted by Gasteiger charge is -2.34. The minimum Gasteiger partial charge on any atom is -0.456 e. The highest BCUT2D eigenvalue weighted by Gasteiger charge is 2.41. The maximum atomic E-state index is 6.37. The van der Waals surface area contributed by atoms with E-state index < -0.39 is 8.07 Å². The largest absolute Gasteiger partial charge is 0.456 e. The van der Waals surface area contributed by atoms with Crippen LogP contribution in [0.3, 0.4) is 0 Å². The quantitative estimate of drug-likeness (QED) is 0.0923. The molecule has 0 spiro atoms. The summed E-state index contributed by atoms with van der Waals surface area (Å²) in [6.45, 7) is 0. The molecule has 0 saturated heterocycles. The summed E-state index contributed by atoms with van der Waals surface area (Å²) in [7, 11) is -2.61. The monoisotopic (exact) mass is 693 g/mol. The van der Waals surface area contributed by atoms with Crippen molar-refractivity contribution in [2.24, 2.45) is 0 Å². The topological polar surface area (TPSA) is 18.1 Å². The van der Waals surface area contributed by atoms with Crippen LogP contribution in [0.25, 0.3) is 61.6 Å². The molecular weight excluding hydrogens is 659 g/mol. The van der Waals surface area contributed by atoms with E-state index >= 15 is 0 Å². The van der Waals surface area contributed by atoms with Gasteiger partial charge in [0.2, 0.25) is 0 Å². The minimum absolute atomic E-state index is 0.891. The second kappa shape index (κ2) is 12.8. The lowest BCUT2D eigenvalue weighted by molar-refractivity contribution is 0.669. The van der Waals surface area contributed by atoms with Gasteiger partial charge in [-0.25, -0.2) is 0 Å². The van der Waals surface area contributed by atoms with E-state index in [1.54, 1.807) is 0 Å². The molecule has 2 nitrogen and oxygen atoms in total.